The minimum absolute atomic E-state index is 0.587. The molecule has 2 atom stereocenters. The maximum atomic E-state index is 12.7. The third kappa shape index (κ3) is 6.89. The van der Waals surface area contributed by atoms with Crippen LogP contribution in [0.1, 0.15) is 57.4 Å². The van der Waals surface area contributed by atoms with Crippen LogP contribution in [0, 0.1) is 0 Å². The number of benzene rings is 2. The Hall–Kier alpha value is -1.71. The zero-order valence-corrected chi connectivity index (χ0v) is 16.5. The highest BCUT2D eigenvalue weighted by molar-refractivity contribution is 7.88. The molecule has 0 amide bonds. The van der Waals surface area contributed by atoms with Gasteiger partial charge in [0, 0.05) is 10.3 Å². The van der Waals surface area contributed by atoms with Gasteiger partial charge in [0.2, 0.25) is 0 Å². The maximum absolute atomic E-state index is 12.7. The van der Waals surface area contributed by atoms with Crippen molar-refractivity contribution in [3.8, 4) is 0 Å². The average Bonchev–Trinajstić information content (AvgIpc) is 2.69. The summed E-state index contributed by atoms with van der Waals surface area (Å²) in [7, 11) is -1.27. The molecule has 2 unspecified atom stereocenters. The Balaban J connectivity index is 2.07. The molecular weight excluding hydrogens is 340 g/mol. The smallest absolute Gasteiger partial charge is 0.0801 e. The molecule has 0 bridgehead atoms. The van der Waals surface area contributed by atoms with Gasteiger partial charge >= 0.3 is 0 Å². The maximum Gasteiger partial charge on any atom is 0.0801 e. The number of hydrogen-bond acceptors (Lipinski definition) is 2. The van der Waals surface area contributed by atoms with Crippen molar-refractivity contribution in [2.45, 2.75) is 62.9 Å². The first kappa shape index (κ1) is 20.6. The van der Waals surface area contributed by atoms with Crippen LogP contribution in [0.2, 0.25) is 0 Å². The molecule has 140 valence electrons. The van der Waals surface area contributed by atoms with Gasteiger partial charge in [0.15, 0.2) is 0 Å². The second-order valence-corrected chi connectivity index (χ2v) is 7.92. The van der Waals surface area contributed by atoms with E-state index in [-0.39, 0.29) is 0 Å². The lowest BCUT2D eigenvalue weighted by Crippen LogP contribution is -2.10. The van der Waals surface area contributed by atoms with Crippen LogP contribution in [0.3, 0.4) is 0 Å². The van der Waals surface area contributed by atoms with Crippen molar-refractivity contribution in [1.29, 1.82) is 0 Å². The number of hydrogen-bond donors (Lipinski definition) is 1. The Morgan fingerprint density at radius 2 is 1.50 bits per heavy atom. The normalized spacial score (nSPS) is 14.2. The van der Waals surface area contributed by atoms with Crippen LogP contribution in [-0.4, -0.2) is 15.4 Å². The zero-order valence-electron chi connectivity index (χ0n) is 15.6. The van der Waals surface area contributed by atoms with E-state index in [0.717, 1.165) is 28.9 Å². The average molecular weight is 371 g/mol. The third-order valence-corrected chi connectivity index (χ3v) is 5.71. The molecule has 2 rings (SSSR count). The zero-order chi connectivity index (χ0) is 18.6. The van der Waals surface area contributed by atoms with Crippen molar-refractivity contribution >= 4 is 16.4 Å². The lowest BCUT2D eigenvalue weighted by molar-refractivity contribution is 0.217. The molecular formula is C23H30O2S. The molecule has 0 aliphatic rings. The standard InChI is InChI=1S/C23H30O2S/c1-2-3-4-5-6-13-18-23(24)22(20-14-9-7-10-15-20)19-26(25)21-16-11-8-12-17-21/h7-12,14-17,19,23-24H,2-6,13,18H2,1H3/b22-19-. The van der Waals surface area contributed by atoms with Crippen molar-refractivity contribution in [2.24, 2.45) is 0 Å². The highest BCUT2D eigenvalue weighted by Crippen LogP contribution is 2.24. The first-order valence-electron chi connectivity index (χ1n) is 9.63. The Morgan fingerprint density at radius 1 is 0.923 bits per heavy atom. The summed E-state index contributed by atoms with van der Waals surface area (Å²) < 4.78 is 12.7. The van der Waals surface area contributed by atoms with Crippen LogP contribution < -0.4 is 0 Å². The van der Waals surface area contributed by atoms with Gasteiger partial charge in [-0.25, -0.2) is 4.21 Å². The van der Waals surface area contributed by atoms with E-state index in [4.69, 9.17) is 0 Å². The van der Waals surface area contributed by atoms with Crippen molar-refractivity contribution < 1.29 is 9.32 Å². The topological polar surface area (TPSA) is 37.3 Å². The summed E-state index contributed by atoms with van der Waals surface area (Å²) >= 11 is 0. The van der Waals surface area contributed by atoms with Gasteiger partial charge < -0.3 is 5.11 Å². The van der Waals surface area contributed by atoms with Crippen molar-refractivity contribution in [1.82, 2.24) is 0 Å². The van der Waals surface area contributed by atoms with Crippen LogP contribution in [-0.2, 0) is 10.8 Å². The van der Waals surface area contributed by atoms with Crippen molar-refractivity contribution in [3.63, 3.8) is 0 Å². The van der Waals surface area contributed by atoms with Crippen LogP contribution >= 0.6 is 0 Å². The van der Waals surface area contributed by atoms with Gasteiger partial charge in [0.1, 0.15) is 0 Å². The van der Waals surface area contributed by atoms with Crippen molar-refractivity contribution in [3.05, 3.63) is 71.6 Å². The second kappa shape index (κ2) is 11.8. The van der Waals surface area contributed by atoms with E-state index in [2.05, 4.69) is 6.92 Å². The van der Waals surface area contributed by atoms with Gasteiger partial charge in [-0.1, -0.05) is 94.0 Å². The van der Waals surface area contributed by atoms with Crippen LogP contribution in [0.5, 0.6) is 0 Å². The van der Waals surface area contributed by atoms with E-state index in [1.165, 1.54) is 25.7 Å². The van der Waals surface area contributed by atoms with E-state index in [1.54, 1.807) is 5.41 Å². The van der Waals surface area contributed by atoms with Gasteiger partial charge in [-0.2, -0.15) is 0 Å². The minimum Gasteiger partial charge on any atom is -0.388 e. The second-order valence-electron chi connectivity index (χ2n) is 6.62. The predicted molar refractivity (Wildman–Crippen MR) is 111 cm³/mol. The SMILES string of the molecule is CCCCCCCCC(O)/C(=C\S(=O)c1ccccc1)c1ccccc1. The third-order valence-electron chi connectivity index (χ3n) is 4.51. The fraction of sp³-hybridized carbons (Fsp3) is 0.391. The molecule has 3 heteroatoms. The molecule has 0 aliphatic carbocycles. The van der Waals surface area contributed by atoms with E-state index in [1.807, 2.05) is 60.7 Å². The quantitative estimate of drug-likeness (QED) is 0.496. The molecule has 0 aromatic heterocycles. The number of aliphatic hydroxyl groups is 1. The molecule has 0 spiro atoms. The molecule has 0 heterocycles. The molecule has 0 aliphatic heterocycles. The van der Waals surface area contributed by atoms with Crippen LogP contribution in [0.15, 0.2) is 71.0 Å². The van der Waals surface area contributed by atoms with Gasteiger partial charge in [-0.05, 0) is 29.7 Å². The summed E-state index contributed by atoms with van der Waals surface area (Å²) in [5.41, 5.74) is 1.71. The summed E-state index contributed by atoms with van der Waals surface area (Å²) in [6.07, 6.45) is 7.28. The monoisotopic (exact) mass is 370 g/mol. The Bertz CT molecular complexity index is 680. The summed E-state index contributed by atoms with van der Waals surface area (Å²) in [5.74, 6) is 0. The van der Waals surface area contributed by atoms with Crippen molar-refractivity contribution in [2.75, 3.05) is 0 Å². The molecule has 2 aromatic carbocycles. The lowest BCUT2D eigenvalue weighted by Gasteiger charge is -2.16. The summed E-state index contributed by atoms with van der Waals surface area (Å²) in [6, 6.07) is 19.2. The van der Waals surface area contributed by atoms with E-state index < -0.39 is 16.9 Å². The van der Waals surface area contributed by atoms with E-state index in [0.29, 0.717) is 6.42 Å². The molecule has 0 saturated carbocycles. The van der Waals surface area contributed by atoms with Gasteiger partial charge in [0.25, 0.3) is 0 Å². The molecule has 26 heavy (non-hydrogen) atoms. The van der Waals surface area contributed by atoms with Gasteiger partial charge in [-0.15, -0.1) is 0 Å². The molecule has 0 fully saturated rings. The number of unbranched alkanes of at least 4 members (excludes halogenated alkanes) is 5. The minimum atomic E-state index is -1.27. The van der Waals surface area contributed by atoms with E-state index in [9.17, 15) is 9.32 Å². The predicted octanol–water partition coefficient (Wildman–Crippen LogP) is 5.95. The fourth-order valence-electron chi connectivity index (χ4n) is 2.98. The number of rotatable bonds is 11. The fourth-order valence-corrected chi connectivity index (χ4v) is 4.07. The first-order valence-corrected chi connectivity index (χ1v) is 10.8. The Labute approximate surface area is 160 Å². The highest BCUT2D eigenvalue weighted by atomic mass is 32.2. The molecule has 0 saturated heterocycles. The van der Waals surface area contributed by atoms with Crippen LogP contribution in [0.25, 0.3) is 5.57 Å². The molecule has 0 radical (unpaired) electrons. The summed E-state index contributed by atoms with van der Waals surface area (Å²) in [6.45, 7) is 2.22. The number of aliphatic hydroxyl groups excluding tert-OH is 1. The molecule has 2 aromatic rings. The first-order chi connectivity index (χ1) is 12.7. The summed E-state index contributed by atoms with van der Waals surface area (Å²) in [5, 5.41) is 12.5. The largest absolute Gasteiger partial charge is 0.388 e. The van der Waals surface area contributed by atoms with Gasteiger partial charge in [-0.3, -0.25) is 0 Å². The van der Waals surface area contributed by atoms with E-state index >= 15 is 0 Å². The Kier molecular flexibility index (Phi) is 9.36. The Morgan fingerprint density at radius 3 is 2.15 bits per heavy atom. The summed E-state index contributed by atoms with van der Waals surface area (Å²) in [4.78, 5) is 0.757. The van der Waals surface area contributed by atoms with Gasteiger partial charge in [0.05, 0.1) is 16.9 Å². The highest BCUT2D eigenvalue weighted by Gasteiger charge is 2.15. The molecule has 1 N–H and O–H groups in total. The van der Waals surface area contributed by atoms with Crippen LogP contribution in [0.4, 0.5) is 0 Å². The molecule has 2 nitrogen and oxygen atoms in total. The lowest BCUT2D eigenvalue weighted by atomic mass is 9.97.